The number of hydrogen-bond donors (Lipinski definition) is 4. The summed E-state index contributed by atoms with van der Waals surface area (Å²) in [7, 11) is -3.42. The van der Waals surface area contributed by atoms with Gasteiger partial charge in [0.15, 0.2) is 0 Å². The number of aromatic amines is 1. The van der Waals surface area contributed by atoms with Gasteiger partial charge in [-0.2, -0.15) is 10.5 Å². The zero-order valence-electron chi connectivity index (χ0n) is 39.1. The van der Waals surface area contributed by atoms with Crippen LogP contribution in [0.1, 0.15) is 103 Å². The number of H-pyrrole nitrogens is 1. The second kappa shape index (κ2) is 20.7. The molecule has 0 unspecified atom stereocenters. The first-order chi connectivity index (χ1) is 33.2. The maximum atomic E-state index is 12.8. The van der Waals surface area contributed by atoms with Gasteiger partial charge in [0.1, 0.15) is 17.6 Å². The number of nitrogens with zero attached hydrogens (tertiary/aromatic N) is 6. The molecule has 354 valence electrons. The summed E-state index contributed by atoms with van der Waals surface area (Å²) in [6, 6.07) is 31.1. The van der Waals surface area contributed by atoms with Crippen LogP contribution in [0.4, 0.5) is 16.2 Å². The summed E-state index contributed by atoms with van der Waals surface area (Å²) in [5, 5.41) is 36.1. The van der Waals surface area contributed by atoms with E-state index < -0.39 is 7.75 Å². The van der Waals surface area contributed by atoms with Crippen LogP contribution < -0.4 is 25.2 Å². The summed E-state index contributed by atoms with van der Waals surface area (Å²) < 4.78 is 39.7. The fourth-order valence-corrected chi connectivity index (χ4v) is 10.6. The van der Waals surface area contributed by atoms with E-state index in [1.54, 1.807) is 13.8 Å². The molecule has 0 saturated heterocycles. The Kier molecular flexibility index (Phi) is 14.1. The molecule has 0 atom stereocenters. The minimum absolute atomic E-state index is 0.151. The number of amides is 2. The summed E-state index contributed by atoms with van der Waals surface area (Å²) in [6.07, 6.45) is 10.2. The molecule has 0 bridgehead atoms. The molecule has 3 fully saturated rings. The van der Waals surface area contributed by atoms with Crippen LogP contribution in [0.25, 0.3) is 55.7 Å². The molecule has 2 amide bonds. The van der Waals surface area contributed by atoms with Crippen molar-refractivity contribution < 1.29 is 27.9 Å². The van der Waals surface area contributed by atoms with Gasteiger partial charge in [-0.15, -0.1) is 10.2 Å². The second-order valence-electron chi connectivity index (χ2n) is 17.3. The third-order valence-corrected chi connectivity index (χ3v) is 14.7. The lowest BCUT2D eigenvalue weighted by Gasteiger charge is -2.30. The SMILES string of the molecule is CCOc1ccc2c(-c3nn[nH]n3)c(-c3ccc(NC(=O)NC4CCC4)cc3)n(C3CCC3)c2c1.CCOc1ccc2c(c1)c(C#N)c(-c1ccc(NP(=O)(OCC)OCC)cc1)n2C1CCC1. The van der Waals surface area contributed by atoms with E-state index in [-0.39, 0.29) is 19.2 Å². The van der Waals surface area contributed by atoms with Gasteiger partial charge in [0.25, 0.3) is 0 Å². The van der Waals surface area contributed by atoms with Crippen LogP contribution in [0.5, 0.6) is 11.5 Å². The Morgan fingerprint density at radius 3 is 1.85 bits per heavy atom. The number of hydrogen-bond acceptors (Lipinski definition) is 10. The smallest absolute Gasteiger partial charge is 0.432 e. The molecule has 68 heavy (non-hydrogen) atoms. The highest BCUT2D eigenvalue weighted by atomic mass is 31.2. The van der Waals surface area contributed by atoms with Gasteiger partial charge in [-0.1, -0.05) is 24.3 Å². The number of carbonyl (C=O) groups is 1. The predicted molar refractivity (Wildman–Crippen MR) is 265 cm³/mol. The van der Waals surface area contributed by atoms with Crippen molar-refractivity contribution in [1.29, 1.82) is 5.26 Å². The molecule has 4 aromatic carbocycles. The first-order valence-electron chi connectivity index (χ1n) is 24.0. The molecule has 0 aliphatic heterocycles. The number of tetrazole rings is 1. The van der Waals surface area contributed by atoms with Crippen LogP contribution in [-0.4, -0.2) is 68.3 Å². The van der Waals surface area contributed by atoms with Crippen molar-refractivity contribution in [3.8, 4) is 51.5 Å². The minimum atomic E-state index is -3.42. The van der Waals surface area contributed by atoms with Crippen molar-refractivity contribution in [3.63, 3.8) is 0 Å². The number of ether oxygens (including phenoxy) is 2. The number of nitriles is 1. The van der Waals surface area contributed by atoms with Gasteiger partial charge in [0.05, 0.1) is 60.0 Å². The van der Waals surface area contributed by atoms with Crippen LogP contribution >= 0.6 is 7.75 Å². The van der Waals surface area contributed by atoms with E-state index in [0.29, 0.717) is 48.4 Å². The first-order valence-corrected chi connectivity index (χ1v) is 25.5. The lowest BCUT2D eigenvalue weighted by Crippen LogP contribution is -2.41. The van der Waals surface area contributed by atoms with Gasteiger partial charge in [0.2, 0.25) is 5.82 Å². The van der Waals surface area contributed by atoms with Crippen LogP contribution in [0.3, 0.4) is 0 Å². The van der Waals surface area contributed by atoms with Crippen molar-refractivity contribution in [1.82, 2.24) is 35.1 Å². The summed E-state index contributed by atoms with van der Waals surface area (Å²) in [5.74, 6) is 2.18. The lowest BCUT2D eigenvalue weighted by atomic mass is 9.92. The fraction of sp³-hybridized carbons (Fsp3) is 0.392. The second-order valence-corrected chi connectivity index (χ2v) is 19.0. The molecular formula is C51H59N10O6P. The lowest BCUT2D eigenvalue weighted by molar-refractivity contribution is 0.225. The number of nitrogens with one attached hydrogen (secondary N) is 4. The third-order valence-electron chi connectivity index (χ3n) is 13.0. The maximum Gasteiger partial charge on any atom is 0.432 e. The number of aromatic nitrogens is 6. The van der Waals surface area contributed by atoms with Crippen molar-refractivity contribution in [2.75, 3.05) is 36.8 Å². The Labute approximate surface area is 396 Å². The molecule has 10 rings (SSSR count). The monoisotopic (exact) mass is 938 g/mol. The maximum absolute atomic E-state index is 12.8. The predicted octanol–water partition coefficient (Wildman–Crippen LogP) is 12.2. The average Bonchev–Trinajstić information content (AvgIpc) is 4.01. The first kappa shape index (κ1) is 46.5. The Balaban J connectivity index is 0.000000170. The molecule has 0 spiro atoms. The number of urea groups is 1. The molecule has 17 heteroatoms. The molecule has 3 aromatic heterocycles. The highest BCUT2D eigenvalue weighted by Gasteiger charge is 2.31. The normalized spacial score (nSPS) is 15.1. The molecular weight excluding hydrogens is 880 g/mol. The molecule has 3 saturated carbocycles. The Bertz CT molecular complexity index is 2940. The van der Waals surface area contributed by atoms with E-state index in [4.69, 9.17) is 18.5 Å². The van der Waals surface area contributed by atoms with Crippen molar-refractivity contribution in [2.45, 2.75) is 104 Å². The van der Waals surface area contributed by atoms with Crippen molar-refractivity contribution in [3.05, 3.63) is 90.5 Å². The Morgan fingerprint density at radius 2 is 1.31 bits per heavy atom. The molecule has 3 aliphatic rings. The minimum Gasteiger partial charge on any atom is -0.494 e. The Morgan fingerprint density at radius 1 is 0.721 bits per heavy atom. The summed E-state index contributed by atoms with van der Waals surface area (Å²) >= 11 is 0. The summed E-state index contributed by atoms with van der Waals surface area (Å²) in [5.41, 5.74) is 9.09. The van der Waals surface area contributed by atoms with Crippen molar-refractivity contribution >= 4 is 47.0 Å². The topological polar surface area (TPSA) is 195 Å². The number of benzene rings is 4. The number of rotatable bonds is 17. The van der Waals surface area contributed by atoms with E-state index >= 15 is 0 Å². The van der Waals surface area contributed by atoms with Gasteiger partial charge in [-0.25, -0.2) is 9.36 Å². The van der Waals surface area contributed by atoms with Gasteiger partial charge >= 0.3 is 13.8 Å². The highest BCUT2D eigenvalue weighted by Crippen LogP contribution is 2.49. The summed E-state index contributed by atoms with van der Waals surface area (Å²) in [6.45, 7) is 9.23. The van der Waals surface area contributed by atoms with Crippen LogP contribution in [0.15, 0.2) is 84.9 Å². The molecule has 0 radical (unpaired) electrons. The largest absolute Gasteiger partial charge is 0.494 e. The Hall–Kier alpha value is -6.66. The standard InChI is InChI=1S/C26H29N7O2.C25H30N3O4P/c1-2-35-20-13-14-21-22(15-20)33(19-7-4-8-19)24(23(21)25-29-31-32-30-25)16-9-11-18(12-10-16)28-26(34)27-17-5-3-6-17;1-4-30-21-14-15-24-22(16-21)23(17-26)25(28(24)20-8-7-9-20)18-10-12-19(13-11-18)27-33(29,31-5-2)32-6-3/h9-15,17,19H,2-8H2,1H3,(H2,27,28,34)(H,29,30,31,32);10-16,20H,4-9H2,1-3H3,(H,27,29). The quantitative estimate of drug-likeness (QED) is 0.0634. The van der Waals surface area contributed by atoms with Gasteiger partial charge < -0.3 is 29.2 Å². The van der Waals surface area contributed by atoms with Gasteiger partial charge in [-0.05, 0) is 156 Å². The molecule has 3 heterocycles. The fourth-order valence-electron chi connectivity index (χ4n) is 9.24. The van der Waals surface area contributed by atoms with Gasteiger partial charge in [-0.3, -0.25) is 14.1 Å². The molecule has 4 N–H and O–H groups in total. The van der Waals surface area contributed by atoms with E-state index in [2.05, 4.69) is 81.9 Å². The number of fused-ring (bicyclic) bond motifs is 2. The summed E-state index contributed by atoms with van der Waals surface area (Å²) in [4.78, 5) is 12.3. The van der Waals surface area contributed by atoms with E-state index in [1.807, 2.05) is 68.4 Å². The third kappa shape index (κ3) is 9.56. The average molecular weight is 939 g/mol. The van der Waals surface area contributed by atoms with E-state index in [0.717, 1.165) is 106 Å². The molecule has 7 aromatic rings. The number of carbonyl (C=O) groups excluding carboxylic acids is 1. The van der Waals surface area contributed by atoms with E-state index in [9.17, 15) is 14.6 Å². The van der Waals surface area contributed by atoms with Crippen LogP contribution in [0, 0.1) is 11.3 Å². The highest BCUT2D eigenvalue weighted by molar-refractivity contribution is 7.55. The van der Waals surface area contributed by atoms with Crippen LogP contribution in [0.2, 0.25) is 0 Å². The van der Waals surface area contributed by atoms with Crippen LogP contribution in [-0.2, 0) is 13.6 Å². The molecule has 16 nitrogen and oxygen atoms in total. The van der Waals surface area contributed by atoms with Gasteiger partial charge in [0, 0.05) is 46.3 Å². The van der Waals surface area contributed by atoms with E-state index in [1.165, 1.54) is 19.3 Å². The zero-order chi connectivity index (χ0) is 47.2. The number of anilines is 2. The zero-order valence-corrected chi connectivity index (χ0v) is 40.0. The molecule has 3 aliphatic carbocycles. The van der Waals surface area contributed by atoms with Crippen molar-refractivity contribution in [2.24, 2.45) is 0 Å².